The number of ether oxygens (including phenoxy) is 2. The molecule has 0 amide bonds. The maximum Gasteiger partial charge on any atom is 0.231 e. The van der Waals surface area contributed by atoms with E-state index in [1.54, 1.807) is 10.6 Å². The molecule has 28 heavy (non-hydrogen) atoms. The zero-order valence-electron chi connectivity index (χ0n) is 14.4. The lowest BCUT2D eigenvalue weighted by atomic mass is 10.1. The molecular formula is C19H13Cl2N5O2. The average molecular weight is 414 g/mol. The van der Waals surface area contributed by atoms with Crippen LogP contribution in [0.4, 0.5) is 11.5 Å². The first-order valence-corrected chi connectivity index (χ1v) is 9.23. The van der Waals surface area contributed by atoms with Crippen LogP contribution in [0.2, 0.25) is 10.0 Å². The van der Waals surface area contributed by atoms with E-state index in [0.29, 0.717) is 45.3 Å². The van der Waals surface area contributed by atoms with Crippen molar-refractivity contribution in [1.29, 1.82) is 0 Å². The highest BCUT2D eigenvalue weighted by atomic mass is 35.5. The van der Waals surface area contributed by atoms with Crippen molar-refractivity contribution in [3.05, 3.63) is 70.0 Å². The van der Waals surface area contributed by atoms with Crippen molar-refractivity contribution in [2.45, 2.75) is 6.42 Å². The van der Waals surface area contributed by atoms with E-state index in [4.69, 9.17) is 32.7 Å². The normalized spacial score (nSPS) is 12.5. The van der Waals surface area contributed by atoms with Crippen molar-refractivity contribution < 1.29 is 9.47 Å². The summed E-state index contributed by atoms with van der Waals surface area (Å²) in [6, 6.07) is 14.7. The van der Waals surface area contributed by atoms with Gasteiger partial charge in [0.15, 0.2) is 28.8 Å². The minimum absolute atomic E-state index is 0.197. The Morgan fingerprint density at radius 2 is 1.86 bits per heavy atom. The fourth-order valence-corrected chi connectivity index (χ4v) is 3.40. The van der Waals surface area contributed by atoms with Gasteiger partial charge in [0.25, 0.3) is 0 Å². The third kappa shape index (κ3) is 3.19. The number of hydrogen-bond donors (Lipinski definition) is 1. The molecule has 0 radical (unpaired) electrons. The van der Waals surface area contributed by atoms with Gasteiger partial charge in [-0.2, -0.15) is 4.52 Å². The van der Waals surface area contributed by atoms with Crippen LogP contribution in [-0.4, -0.2) is 26.6 Å². The zero-order valence-corrected chi connectivity index (χ0v) is 15.9. The van der Waals surface area contributed by atoms with Crippen LogP contribution in [0.3, 0.4) is 0 Å². The van der Waals surface area contributed by atoms with E-state index in [9.17, 15) is 0 Å². The number of anilines is 2. The molecule has 0 spiro atoms. The van der Waals surface area contributed by atoms with Crippen LogP contribution in [0.25, 0.3) is 5.65 Å². The molecule has 4 aromatic rings. The molecule has 1 aliphatic rings. The summed E-state index contributed by atoms with van der Waals surface area (Å²) in [7, 11) is 0. The van der Waals surface area contributed by atoms with E-state index >= 15 is 0 Å². The van der Waals surface area contributed by atoms with Gasteiger partial charge in [-0.15, -0.1) is 15.3 Å². The maximum absolute atomic E-state index is 6.39. The predicted molar refractivity (Wildman–Crippen MR) is 106 cm³/mol. The van der Waals surface area contributed by atoms with Crippen LogP contribution in [0.5, 0.6) is 11.5 Å². The van der Waals surface area contributed by atoms with Gasteiger partial charge in [0.2, 0.25) is 6.79 Å². The molecule has 0 fully saturated rings. The van der Waals surface area contributed by atoms with Crippen LogP contribution < -0.4 is 14.8 Å². The Morgan fingerprint density at radius 1 is 1.00 bits per heavy atom. The molecular weight excluding hydrogens is 401 g/mol. The van der Waals surface area contributed by atoms with Crippen molar-refractivity contribution in [2.24, 2.45) is 0 Å². The largest absolute Gasteiger partial charge is 0.454 e. The number of rotatable bonds is 4. The van der Waals surface area contributed by atoms with Gasteiger partial charge in [-0.25, -0.2) is 0 Å². The Kier molecular flexibility index (Phi) is 4.18. The van der Waals surface area contributed by atoms with Gasteiger partial charge in [0.05, 0.1) is 0 Å². The van der Waals surface area contributed by atoms with Crippen LogP contribution in [0.15, 0.2) is 48.5 Å². The third-order valence-corrected chi connectivity index (χ3v) is 4.90. The molecule has 0 unspecified atom stereocenters. The van der Waals surface area contributed by atoms with Gasteiger partial charge in [0, 0.05) is 28.2 Å². The van der Waals surface area contributed by atoms with E-state index in [1.807, 2.05) is 42.5 Å². The molecule has 1 aliphatic heterocycles. The second-order valence-electron chi connectivity index (χ2n) is 6.21. The second kappa shape index (κ2) is 6.85. The Balaban J connectivity index is 1.47. The van der Waals surface area contributed by atoms with Crippen LogP contribution in [-0.2, 0) is 6.42 Å². The van der Waals surface area contributed by atoms with Gasteiger partial charge in [-0.05, 0) is 42.0 Å². The third-order valence-electron chi connectivity index (χ3n) is 4.31. The van der Waals surface area contributed by atoms with Crippen molar-refractivity contribution >= 4 is 40.4 Å². The molecule has 5 rings (SSSR count). The van der Waals surface area contributed by atoms with Crippen LogP contribution in [0, 0.1) is 0 Å². The summed E-state index contributed by atoms with van der Waals surface area (Å²) >= 11 is 12.4. The molecule has 1 N–H and O–H groups in total. The van der Waals surface area contributed by atoms with Gasteiger partial charge >= 0.3 is 0 Å². The second-order valence-corrected chi connectivity index (χ2v) is 7.06. The van der Waals surface area contributed by atoms with Gasteiger partial charge in [-0.1, -0.05) is 29.3 Å². The highest BCUT2D eigenvalue weighted by Gasteiger charge is 2.18. The van der Waals surface area contributed by atoms with Crippen molar-refractivity contribution in [3.8, 4) is 11.5 Å². The zero-order chi connectivity index (χ0) is 19.1. The minimum atomic E-state index is 0.197. The lowest BCUT2D eigenvalue weighted by Crippen LogP contribution is -2.03. The monoisotopic (exact) mass is 413 g/mol. The van der Waals surface area contributed by atoms with Crippen molar-refractivity contribution in [2.75, 3.05) is 12.1 Å². The summed E-state index contributed by atoms with van der Waals surface area (Å²) < 4.78 is 12.5. The molecule has 0 saturated carbocycles. The van der Waals surface area contributed by atoms with Gasteiger partial charge in [-0.3, -0.25) is 0 Å². The lowest BCUT2D eigenvalue weighted by molar-refractivity contribution is 0.174. The summed E-state index contributed by atoms with van der Waals surface area (Å²) in [6.07, 6.45) is 0.449. The molecule has 2 aromatic carbocycles. The molecule has 3 heterocycles. The number of nitrogens with one attached hydrogen (secondary N) is 1. The standard InChI is InChI=1S/C19H13Cl2N5O2/c20-12-2-1-3-13(8-12)22-17-4-5-18-23-24-19(26(18)25-17)7-11-6-15-16(9-14(11)21)28-10-27-15/h1-6,8-9H,7,10H2,(H,22,25). The van der Waals surface area contributed by atoms with E-state index in [-0.39, 0.29) is 6.79 Å². The number of benzene rings is 2. The first kappa shape index (κ1) is 17.1. The van der Waals surface area contributed by atoms with Gasteiger partial charge < -0.3 is 14.8 Å². The smallest absolute Gasteiger partial charge is 0.231 e. The number of aromatic nitrogens is 4. The van der Waals surface area contributed by atoms with Crippen LogP contribution in [0.1, 0.15) is 11.4 Å². The van der Waals surface area contributed by atoms with Crippen LogP contribution >= 0.6 is 23.2 Å². The van der Waals surface area contributed by atoms with E-state index in [0.717, 1.165) is 11.3 Å². The summed E-state index contributed by atoms with van der Waals surface area (Å²) in [5.41, 5.74) is 2.34. The SMILES string of the molecule is Clc1cccc(Nc2ccc3nnc(Cc4cc5c(cc4Cl)OCO5)n3n2)c1. The number of fused-ring (bicyclic) bond motifs is 2. The van der Waals surface area contributed by atoms with E-state index in [1.165, 1.54) is 0 Å². The minimum Gasteiger partial charge on any atom is -0.454 e. The lowest BCUT2D eigenvalue weighted by Gasteiger charge is -2.08. The Morgan fingerprint density at radius 3 is 2.71 bits per heavy atom. The molecule has 0 atom stereocenters. The highest BCUT2D eigenvalue weighted by Crippen LogP contribution is 2.37. The first-order valence-electron chi connectivity index (χ1n) is 8.48. The number of nitrogens with zero attached hydrogens (tertiary/aromatic N) is 4. The van der Waals surface area contributed by atoms with Crippen molar-refractivity contribution in [1.82, 2.24) is 19.8 Å². The summed E-state index contributed by atoms with van der Waals surface area (Å²) in [6.45, 7) is 0.197. The van der Waals surface area contributed by atoms with E-state index < -0.39 is 0 Å². The molecule has 0 bridgehead atoms. The van der Waals surface area contributed by atoms with Crippen molar-refractivity contribution in [3.63, 3.8) is 0 Å². The Labute approximate surface area is 169 Å². The Hall–Kier alpha value is -3.03. The average Bonchev–Trinajstić information content (AvgIpc) is 3.29. The molecule has 7 nitrogen and oxygen atoms in total. The number of halogens is 2. The quantitative estimate of drug-likeness (QED) is 0.530. The molecule has 140 valence electrons. The van der Waals surface area contributed by atoms with E-state index in [2.05, 4.69) is 20.6 Å². The molecule has 0 saturated heterocycles. The number of hydrogen-bond acceptors (Lipinski definition) is 6. The summed E-state index contributed by atoms with van der Waals surface area (Å²) in [5, 5.41) is 17.5. The highest BCUT2D eigenvalue weighted by molar-refractivity contribution is 6.31. The fourth-order valence-electron chi connectivity index (χ4n) is 2.99. The molecule has 0 aliphatic carbocycles. The molecule has 9 heteroatoms. The maximum atomic E-state index is 6.39. The Bertz CT molecular complexity index is 1190. The first-order chi connectivity index (χ1) is 13.7. The summed E-state index contributed by atoms with van der Waals surface area (Å²) in [4.78, 5) is 0. The topological polar surface area (TPSA) is 73.6 Å². The molecule has 2 aromatic heterocycles. The van der Waals surface area contributed by atoms with Gasteiger partial charge in [0.1, 0.15) is 0 Å². The predicted octanol–water partition coefficient (Wildman–Crippen LogP) is 4.49. The summed E-state index contributed by atoms with van der Waals surface area (Å²) in [5.74, 6) is 2.62. The fraction of sp³-hybridized carbons (Fsp3) is 0.105.